The Labute approximate surface area is 197 Å². The van der Waals surface area contributed by atoms with Crippen molar-refractivity contribution >= 4 is 40.0 Å². The smallest absolute Gasteiger partial charge is 0.242 e. The zero-order valence-electron chi connectivity index (χ0n) is 18.2. The van der Waals surface area contributed by atoms with Crippen LogP contribution in [-0.4, -0.2) is 63.1 Å². The molecule has 0 unspecified atom stereocenters. The summed E-state index contributed by atoms with van der Waals surface area (Å²) in [6.45, 7) is 8.36. The summed E-state index contributed by atoms with van der Waals surface area (Å²) < 4.78 is 1.55. The van der Waals surface area contributed by atoms with E-state index in [9.17, 15) is 9.90 Å². The summed E-state index contributed by atoms with van der Waals surface area (Å²) in [6.07, 6.45) is 1.76. The van der Waals surface area contributed by atoms with Gasteiger partial charge in [-0.3, -0.25) is 4.79 Å². The Morgan fingerprint density at radius 2 is 1.94 bits per heavy atom. The highest BCUT2D eigenvalue weighted by atomic mass is 35.5. The number of hydrogen-bond donors (Lipinski definition) is 2. The fourth-order valence-electron chi connectivity index (χ4n) is 4.34. The van der Waals surface area contributed by atoms with Crippen molar-refractivity contribution < 1.29 is 9.90 Å². The monoisotopic (exact) mass is 475 g/mol. The Bertz CT molecular complexity index is 1170. The van der Waals surface area contributed by atoms with Crippen molar-refractivity contribution in [1.29, 1.82) is 0 Å². The van der Waals surface area contributed by atoms with Gasteiger partial charge in [-0.15, -0.1) is 0 Å². The number of halogens is 2. The van der Waals surface area contributed by atoms with Crippen LogP contribution < -0.4 is 5.73 Å². The van der Waals surface area contributed by atoms with Crippen molar-refractivity contribution in [1.82, 2.24) is 19.4 Å². The molecule has 1 aliphatic heterocycles. The molecular formula is C23H27Cl2N5O2. The lowest BCUT2D eigenvalue weighted by Gasteiger charge is -2.34. The van der Waals surface area contributed by atoms with Crippen molar-refractivity contribution in [3.63, 3.8) is 0 Å². The molecule has 9 heteroatoms. The highest BCUT2D eigenvalue weighted by Gasteiger charge is 2.24. The lowest BCUT2D eigenvalue weighted by atomic mass is 9.96. The molecule has 170 valence electrons. The van der Waals surface area contributed by atoms with E-state index in [4.69, 9.17) is 28.9 Å². The van der Waals surface area contributed by atoms with Gasteiger partial charge in [0.15, 0.2) is 0 Å². The van der Waals surface area contributed by atoms with Crippen LogP contribution in [-0.2, 0) is 17.9 Å². The number of likely N-dealkylation sites (N-methyl/N-ethyl adjacent to an activating group) is 1. The molecule has 1 aromatic carbocycles. The maximum absolute atomic E-state index is 12.9. The molecule has 0 radical (unpaired) electrons. The van der Waals surface area contributed by atoms with Crippen LogP contribution >= 0.6 is 23.2 Å². The maximum atomic E-state index is 12.9. The molecule has 0 atom stereocenters. The Morgan fingerprint density at radius 1 is 1.22 bits per heavy atom. The molecule has 2 aromatic heterocycles. The summed E-state index contributed by atoms with van der Waals surface area (Å²) in [4.78, 5) is 21.7. The third-order valence-corrected chi connectivity index (χ3v) is 6.74. The maximum Gasteiger partial charge on any atom is 0.242 e. The molecule has 0 spiro atoms. The molecule has 0 saturated carbocycles. The SMILES string of the molecule is CCN1CCN(C(=O)Cn2cc3c(-c4ccc(Cl)cc4Cl)c(CN)c(C)nc3c2O)CC1. The minimum absolute atomic E-state index is 0.0294. The van der Waals surface area contributed by atoms with Crippen molar-refractivity contribution in [3.8, 4) is 17.0 Å². The molecular weight excluding hydrogens is 449 g/mol. The largest absolute Gasteiger partial charge is 0.493 e. The standard InChI is InChI=1S/C23H27Cl2N5O2/c1-3-28-6-8-29(9-7-28)20(31)13-30-12-18-21(16-5-4-15(24)10-19(16)25)17(11-26)14(2)27-22(18)23(30)32/h4-5,10,12,32H,3,6-9,11,13,26H2,1-2H3. The Balaban J connectivity index is 1.75. The first-order valence-electron chi connectivity index (χ1n) is 10.7. The Morgan fingerprint density at radius 3 is 2.56 bits per heavy atom. The average molecular weight is 476 g/mol. The van der Waals surface area contributed by atoms with E-state index in [0.717, 1.165) is 36.3 Å². The van der Waals surface area contributed by atoms with Crippen molar-refractivity contribution in [2.75, 3.05) is 32.7 Å². The van der Waals surface area contributed by atoms with Crippen molar-refractivity contribution in [2.45, 2.75) is 26.9 Å². The number of amides is 1. The molecule has 1 fully saturated rings. The van der Waals surface area contributed by atoms with Crippen LogP contribution in [0.5, 0.6) is 5.88 Å². The van der Waals surface area contributed by atoms with Gasteiger partial charge in [0.2, 0.25) is 11.8 Å². The van der Waals surface area contributed by atoms with Gasteiger partial charge in [-0.05, 0) is 31.2 Å². The number of benzene rings is 1. The summed E-state index contributed by atoms with van der Waals surface area (Å²) in [6, 6.07) is 5.28. The number of carbonyl (C=O) groups excluding carboxylic acids is 1. The summed E-state index contributed by atoms with van der Waals surface area (Å²) in [5.41, 5.74) is 9.58. The van der Waals surface area contributed by atoms with Gasteiger partial charge >= 0.3 is 0 Å². The summed E-state index contributed by atoms with van der Waals surface area (Å²) in [7, 11) is 0. The molecule has 4 rings (SSSR count). The molecule has 3 heterocycles. The predicted octanol–water partition coefficient (Wildman–Crippen LogP) is 3.65. The number of rotatable bonds is 5. The molecule has 0 bridgehead atoms. The predicted molar refractivity (Wildman–Crippen MR) is 128 cm³/mol. The molecule has 3 aromatic rings. The number of fused-ring (bicyclic) bond motifs is 1. The number of aromatic hydroxyl groups is 1. The second kappa shape index (κ2) is 9.27. The molecule has 1 aliphatic rings. The fourth-order valence-corrected chi connectivity index (χ4v) is 4.84. The Hall–Kier alpha value is -2.32. The van der Waals surface area contributed by atoms with E-state index in [2.05, 4.69) is 16.8 Å². The number of nitrogens with two attached hydrogens (primary N) is 1. The molecule has 7 nitrogen and oxygen atoms in total. The topological polar surface area (TPSA) is 87.6 Å². The van der Waals surface area contributed by atoms with Gasteiger partial charge in [-0.25, -0.2) is 4.98 Å². The number of carbonyl (C=O) groups is 1. The minimum Gasteiger partial charge on any atom is -0.493 e. The zero-order valence-corrected chi connectivity index (χ0v) is 19.7. The van der Waals surface area contributed by atoms with Gasteiger partial charge in [-0.2, -0.15) is 0 Å². The van der Waals surface area contributed by atoms with Crippen molar-refractivity contribution in [2.24, 2.45) is 5.73 Å². The number of piperazine rings is 1. The van der Waals surface area contributed by atoms with Crippen LogP contribution in [0.15, 0.2) is 24.4 Å². The molecule has 3 N–H and O–H groups in total. The van der Waals surface area contributed by atoms with Gasteiger partial charge in [0.25, 0.3) is 0 Å². The van der Waals surface area contributed by atoms with E-state index >= 15 is 0 Å². The summed E-state index contributed by atoms with van der Waals surface area (Å²) in [5.74, 6) is -0.0724. The number of aryl methyl sites for hydroxylation is 1. The summed E-state index contributed by atoms with van der Waals surface area (Å²) in [5, 5.41) is 12.6. The molecule has 32 heavy (non-hydrogen) atoms. The first-order chi connectivity index (χ1) is 15.3. The van der Waals surface area contributed by atoms with Gasteiger partial charge in [0, 0.05) is 71.2 Å². The van der Waals surface area contributed by atoms with Gasteiger partial charge in [-0.1, -0.05) is 36.2 Å². The average Bonchev–Trinajstić information content (AvgIpc) is 3.08. The molecule has 0 aliphatic carbocycles. The van der Waals surface area contributed by atoms with Gasteiger partial charge in [0.1, 0.15) is 12.1 Å². The second-order valence-corrected chi connectivity index (χ2v) is 8.88. The number of aromatic nitrogens is 2. The molecule has 1 saturated heterocycles. The first-order valence-corrected chi connectivity index (χ1v) is 11.5. The van der Waals surface area contributed by atoms with E-state index in [-0.39, 0.29) is 24.9 Å². The van der Waals surface area contributed by atoms with Crippen LogP contribution in [0.25, 0.3) is 22.0 Å². The number of nitrogens with zero attached hydrogens (tertiary/aromatic N) is 4. The number of pyridine rings is 1. The third kappa shape index (κ3) is 4.18. The fraction of sp³-hybridized carbons (Fsp3) is 0.391. The number of hydrogen-bond acceptors (Lipinski definition) is 5. The minimum atomic E-state index is -0.0430. The van der Waals surface area contributed by atoms with Crippen molar-refractivity contribution in [3.05, 3.63) is 45.7 Å². The van der Waals surface area contributed by atoms with E-state index in [1.54, 1.807) is 22.9 Å². The van der Waals surface area contributed by atoms with Crippen LogP contribution in [0.1, 0.15) is 18.2 Å². The van der Waals surface area contributed by atoms with Gasteiger partial charge in [0.05, 0.1) is 0 Å². The van der Waals surface area contributed by atoms with Gasteiger partial charge < -0.3 is 25.2 Å². The quantitative estimate of drug-likeness (QED) is 0.587. The lowest BCUT2D eigenvalue weighted by Crippen LogP contribution is -2.49. The zero-order chi connectivity index (χ0) is 23.0. The van der Waals surface area contributed by atoms with E-state index < -0.39 is 0 Å². The molecule has 1 amide bonds. The highest BCUT2D eigenvalue weighted by molar-refractivity contribution is 6.36. The van der Waals surface area contributed by atoms with E-state index in [0.29, 0.717) is 39.7 Å². The summed E-state index contributed by atoms with van der Waals surface area (Å²) >= 11 is 12.6. The van der Waals surface area contributed by atoms with Crippen LogP contribution in [0, 0.1) is 6.92 Å². The normalized spacial score (nSPS) is 15.0. The van der Waals surface area contributed by atoms with E-state index in [1.807, 2.05) is 17.9 Å². The van der Waals surface area contributed by atoms with E-state index in [1.165, 1.54) is 0 Å². The highest BCUT2D eigenvalue weighted by Crippen LogP contribution is 2.40. The van der Waals surface area contributed by atoms with Crippen LogP contribution in [0.2, 0.25) is 10.0 Å². The lowest BCUT2D eigenvalue weighted by molar-refractivity contribution is -0.133. The second-order valence-electron chi connectivity index (χ2n) is 8.04. The van der Waals surface area contributed by atoms with Crippen LogP contribution in [0.4, 0.5) is 0 Å². The third-order valence-electron chi connectivity index (χ3n) is 6.19. The van der Waals surface area contributed by atoms with Crippen LogP contribution in [0.3, 0.4) is 0 Å². The first kappa shape index (κ1) is 22.9. The Kier molecular flexibility index (Phi) is 6.62.